The molecule has 3 rings (SSSR count). The highest BCUT2D eigenvalue weighted by Crippen LogP contribution is 2.34. The van der Waals surface area contributed by atoms with Gasteiger partial charge >= 0.3 is 0 Å². The number of nitrogens with one attached hydrogen (secondary N) is 1. The molecule has 0 aliphatic carbocycles. The molecule has 0 spiro atoms. The fourth-order valence-corrected chi connectivity index (χ4v) is 3.83. The van der Waals surface area contributed by atoms with Crippen LogP contribution in [0.25, 0.3) is 11.1 Å². The first-order chi connectivity index (χ1) is 11.7. The molecule has 2 heterocycles. The van der Waals surface area contributed by atoms with Gasteiger partial charge in [-0.05, 0) is 12.1 Å². The zero-order valence-electron chi connectivity index (χ0n) is 13.1. The molecule has 0 saturated carbocycles. The molecule has 1 aromatic carbocycles. The molecule has 0 radical (unpaired) electrons. The van der Waals surface area contributed by atoms with Crippen molar-refractivity contribution in [2.75, 3.05) is 24.2 Å². The number of hydrogen-bond acceptors (Lipinski definition) is 4. The second kappa shape index (κ2) is 6.64. The Kier molecular flexibility index (Phi) is 4.84. The Morgan fingerprint density at radius 3 is 2.48 bits per heavy atom. The summed E-state index contributed by atoms with van der Waals surface area (Å²) in [7, 11) is -3.63. The maximum atomic E-state index is 14.5. The van der Waals surface area contributed by atoms with Crippen molar-refractivity contribution in [1.29, 1.82) is 0 Å². The molecule has 136 valence electrons. The largest absolute Gasteiger partial charge is 0.378 e. The van der Waals surface area contributed by atoms with E-state index >= 15 is 0 Å². The molecule has 2 aromatic rings. The predicted molar refractivity (Wildman–Crippen MR) is 93.4 cm³/mol. The summed E-state index contributed by atoms with van der Waals surface area (Å²) < 4.78 is 47.7. The van der Waals surface area contributed by atoms with E-state index < -0.39 is 21.4 Å². The fraction of sp³-hybridized carbons (Fsp3) is 0.357. The van der Waals surface area contributed by atoms with Gasteiger partial charge in [-0.15, -0.1) is 0 Å². The minimum absolute atomic E-state index is 0.0363. The van der Waals surface area contributed by atoms with E-state index in [9.17, 15) is 17.6 Å². The third-order valence-corrected chi connectivity index (χ3v) is 4.98. The van der Waals surface area contributed by atoms with Gasteiger partial charge in [0.15, 0.2) is 0 Å². The van der Waals surface area contributed by atoms with Crippen LogP contribution in [0.3, 0.4) is 0 Å². The van der Waals surface area contributed by atoms with Crippen molar-refractivity contribution in [2.24, 2.45) is 0 Å². The number of benzene rings is 1. The molecule has 1 aliphatic heterocycles. The van der Waals surface area contributed by atoms with Crippen molar-refractivity contribution in [3.63, 3.8) is 0 Å². The van der Waals surface area contributed by atoms with Crippen LogP contribution in [0, 0.1) is 5.82 Å². The van der Waals surface area contributed by atoms with Crippen LogP contribution in [0.1, 0.15) is 0 Å². The zero-order valence-corrected chi connectivity index (χ0v) is 15.4. The highest BCUT2D eigenvalue weighted by Gasteiger charge is 2.24. The standard InChI is InChI=1S/C14H14Cl2FN3O4S/c1-25(22,23)18-11-6-8(10(17)7-9(11)15)12-13(16)19-2-4-24-5-3-20(19)14(12)21/h6-7,18H,2-5H2,1H3. The Labute approximate surface area is 152 Å². The number of sulfonamides is 1. The number of anilines is 1. The summed E-state index contributed by atoms with van der Waals surface area (Å²) in [5, 5.41) is -0.0703. The summed E-state index contributed by atoms with van der Waals surface area (Å²) in [6.45, 7) is 1.33. The van der Waals surface area contributed by atoms with Gasteiger partial charge in [-0.3, -0.25) is 14.2 Å². The molecule has 1 aliphatic rings. The first-order valence-electron chi connectivity index (χ1n) is 7.23. The van der Waals surface area contributed by atoms with Gasteiger partial charge in [-0.1, -0.05) is 23.2 Å². The smallest absolute Gasteiger partial charge is 0.276 e. The molecule has 0 bridgehead atoms. The average molecular weight is 410 g/mol. The SMILES string of the molecule is CS(=O)(=O)Nc1cc(-c2c(Cl)n3n(c2=O)CCOCC3)c(F)cc1Cl. The van der Waals surface area contributed by atoms with E-state index in [2.05, 4.69) is 4.72 Å². The van der Waals surface area contributed by atoms with E-state index in [4.69, 9.17) is 27.9 Å². The lowest BCUT2D eigenvalue weighted by Gasteiger charge is -2.10. The third-order valence-electron chi connectivity index (χ3n) is 3.69. The Hall–Kier alpha value is -1.55. The molecule has 0 saturated heterocycles. The number of aromatic nitrogens is 2. The third kappa shape index (κ3) is 3.55. The number of nitrogens with zero attached hydrogens (tertiary/aromatic N) is 2. The first kappa shape index (κ1) is 18.2. The zero-order chi connectivity index (χ0) is 18.4. The van der Waals surface area contributed by atoms with E-state index in [1.54, 1.807) is 0 Å². The molecular formula is C14H14Cl2FN3O4S. The van der Waals surface area contributed by atoms with E-state index in [1.807, 2.05) is 0 Å². The lowest BCUT2D eigenvalue weighted by Crippen LogP contribution is -2.23. The molecule has 11 heteroatoms. The maximum absolute atomic E-state index is 14.5. The van der Waals surface area contributed by atoms with E-state index in [0.717, 1.165) is 18.4 Å². The van der Waals surface area contributed by atoms with Gasteiger partial charge in [-0.25, -0.2) is 17.5 Å². The summed E-state index contributed by atoms with van der Waals surface area (Å²) in [5.41, 5.74) is -0.693. The molecule has 0 fully saturated rings. The molecule has 0 amide bonds. The van der Waals surface area contributed by atoms with E-state index in [0.29, 0.717) is 19.8 Å². The Balaban J connectivity index is 2.21. The van der Waals surface area contributed by atoms with Gasteiger partial charge in [0.1, 0.15) is 11.0 Å². The van der Waals surface area contributed by atoms with Gasteiger partial charge in [0.05, 0.1) is 48.8 Å². The monoisotopic (exact) mass is 409 g/mol. The molecule has 25 heavy (non-hydrogen) atoms. The highest BCUT2D eigenvalue weighted by molar-refractivity contribution is 7.92. The van der Waals surface area contributed by atoms with Gasteiger partial charge < -0.3 is 4.74 Å². The van der Waals surface area contributed by atoms with E-state index in [-0.39, 0.29) is 33.5 Å². The summed E-state index contributed by atoms with van der Waals surface area (Å²) in [6, 6.07) is 2.11. The highest BCUT2D eigenvalue weighted by atomic mass is 35.5. The van der Waals surface area contributed by atoms with Gasteiger partial charge in [0.2, 0.25) is 10.0 Å². The number of ether oxygens (including phenoxy) is 1. The average Bonchev–Trinajstić information content (AvgIpc) is 2.69. The van der Waals surface area contributed by atoms with E-state index in [1.165, 1.54) is 9.36 Å². The Morgan fingerprint density at radius 1 is 1.20 bits per heavy atom. The second-order valence-corrected chi connectivity index (χ2v) is 8.03. The molecule has 0 atom stereocenters. The number of hydrogen-bond donors (Lipinski definition) is 1. The summed E-state index contributed by atoms with van der Waals surface area (Å²) in [5.74, 6) is -0.777. The molecule has 1 N–H and O–H groups in total. The van der Waals surface area contributed by atoms with Crippen molar-refractivity contribution >= 4 is 38.9 Å². The van der Waals surface area contributed by atoms with Crippen molar-refractivity contribution in [1.82, 2.24) is 9.36 Å². The minimum atomic E-state index is -3.63. The molecule has 1 aromatic heterocycles. The lowest BCUT2D eigenvalue weighted by atomic mass is 10.1. The predicted octanol–water partition coefficient (Wildman–Crippen LogP) is 2.16. The van der Waals surface area contributed by atoms with Gasteiger partial charge in [0.25, 0.3) is 5.56 Å². The van der Waals surface area contributed by atoms with Crippen LogP contribution in [0.2, 0.25) is 10.2 Å². The minimum Gasteiger partial charge on any atom is -0.378 e. The fourth-order valence-electron chi connectivity index (χ4n) is 2.65. The normalized spacial score (nSPS) is 14.9. The quantitative estimate of drug-likeness (QED) is 0.841. The molecular weight excluding hydrogens is 396 g/mol. The van der Waals surface area contributed by atoms with Crippen LogP contribution in [0.4, 0.5) is 10.1 Å². The number of halogens is 3. The van der Waals surface area contributed by atoms with Crippen LogP contribution in [0.5, 0.6) is 0 Å². The van der Waals surface area contributed by atoms with Gasteiger partial charge in [-0.2, -0.15) is 0 Å². The Bertz CT molecular complexity index is 1000. The van der Waals surface area contributed by atoms with Crippen molar-refractivity contribution in [3.05, 3.63) is 38.5 Å². The summed E-state index contributed by atoms with van der Waals surface area (Å²) >= 11 is 12.2. The molecule has 0 unspecified atom stereocenters. The van der Waals surface area contributed by atoms with Crippen molar-refractivity contribution < 1.29 is 17.5 Å². The second-order valence-electron chi connectivity index (χ2n) is 5.52. The Morgan fingerprint density at radius 2 is 1.84 bits per heavy atom. The van der Waals surface area contributed by atoms with Crippen LogP contribution in [-0.4, -0.2) is 37.3 Å². The van der Waals surface area contributed by atoms with Crippen LogP contribution < -0.4 is 10.3 Å². The van der Waals surface area contributed by atoms with Crippen molar-refractivity contribution in [2.45, 2.75) is 13.1 Å². The van der Waals surface area contributed by atoms with Gasteiger partial charge in [0, 0.05) is 5.56 Å². The lowest BCUT2D eigenvalue weighted by molar-refractivity contribution is 0.137. The number of rotatable bonds is 3. The van der Waals surface area contributed by atoms with Crippen LogP contribution >= 0.6 is 23.2 Å². The summed E-state index contributed by atoms with van der Waals surface area (Å²) in [4.78, 5) is 12.7. The maximum Gasteiger partial charge on any atom is 0.276 e. The summed E-state index contributed by atoms with van der Waals surface area (Å²) in [6.07, 6.45) is 0.939. The van der Waals surface area contributed by atoms with Crippen molar-refractivity contribution in [3.8, 4) is 11.1 Å². The van der Waals surface area contributed by atoms with Crippen LogP contribution in [0.15, 0.2) is 16.9 Å². The number of fused-ring (bicyclic) bond motifs is 1. The van der Waals surface area contributed by atoms with Crippen LogP contribution in [-0.2, 0) is 27.8 Å². The first-order valence-corrected chi connectivity index (χ1v) is 9.88. The topological polar surface area (TPSA) is 82.3 Å². The molecule has 7 nitrogen and oxygen atoms in total.